The molecule has 3 nitrogen and oxygen atoms in total. The van der Waals surface area contributed by atoms with Crippen molar-refractivity contribution in [2.75, 3.05) is 26.2 Å². The van der Waals surface area contributed by atoms with Crippen molar-refractivity contribution in [3.63, 3.8) is 0 Å². The molecule has 1 atom stereocenters. The lowest BCUT2D eigenvalue weighted by Crippen LogP contribution is -2.42. The maximum absolute atomic E-state index is 5.74. The molecule has 0 amide bonds. The number of hydrogen-bond donors (Lipinski definition) is 1. The molecule has 1 aromatic carbocycles. The summed E-state index contributed by atoms with van der Waals surface area (Å²) in [6, 6.07) is 12.5. The summed E-state index contributed by atoms with van der Waals surface area (Å²) in [5.74, 6) is 0. The lowest BCUT2D eigenvalue weighted by Gasteiger charge is -2.30. The molecule has 20 heavy (non-hydrogen) atoms. The lowest BCUT2D eigenvalue weighted by molar-refractivity contribution is 0.163. The van der Waals surface area contributed by atoms with Gasteiger partial charge in [0.2, 0.25) is 0 Å². The number of nitrogens with two attached hydrogens (primary N) is 1. The molecular weight excluding hydrogens is 246 g/mol. The van der Waals surface area contributed by atoms with E-state index in [0.717, 1.165) is 31.7 Å². The number of nitrogens with zero attached hydrogens (tertiary/aromatic N) is 2. The molecule has 0 unspecified atom stereocenters. The topological polar surface area (TPSA) is 32.5 Å². The predicted molar refractivity (Wildman–Crippen MR) is 83.5 cm³/mol. The van der Waals surface area contributed by atoms with Crippen LogP contribution in [0.25, 0.3) is 0 Å². The van der Waals surface area contributed by atoms with Crippen LogP contribution in [-0.2, 0) is 6.54 Å². The first kappa shape index (κ1) is 14.1. The average Bonchev–Trinajstić information content (AvgIpc) is 3.23. The molecule has 1 aliphatic carbocycles. The molecule has 3 rings (SSSR count). The van der Waals surface area contributed by atoms with Gasteiger partial charge in [-0.05, 0) is 37.8 Å². The van der Waals surface area contributed by atoms with Crippen LogP contribution >= 0.6 is 0 Å². The van der Waals surface area contributed by atoms with Crippen LogP contribution in [0.4, 0.5) is 0 Å². The summed E-state index contributed by atoms with van der Waals surface area (Å²) in [6.07, 6.45) is 5.46. The Morgan fingerprint density at radius 2 is 1.95 bits per heavy atom. The van der Waals surface area contributed by atoms with E-state index in [1.807, 2.05) is 0 Å². The number of benzene rings is 1. The number of hydrogen-bond acceptors (Lipinski definition) is 3. The number of rotatable bonds is 7. The molecule has 1 saturated carbocycles. The van der Waals surface area contributed by atoms with E-state index in [-0.39, 0.29) is 0 Å². The summed E-state index contributed by atoms with van der Waals surface area (Å²) < 4.78 is 0. The third-order valence-electron chi connectivity index (χ3n) is 4.65. The molecule has 0 bridgehead atoms. The van der Waals surface area contributed by atoms with Crippen LogP contribution in [0, 0.1) is 0 Å². The minimum Gasteiger partial charge on any atom is -0.329 e. The van der Waals surface area contributed by atoms with Crippen molar-refractivity contribution in [2.45, 2.75) is 44.3 Å². The summed E-state index contributed by atoms with van der Waals surface area (Å²) in [4.78, 5) is 5.30. The quantitative estimate of drug-likeness (QED) is 0.825. The second-order valence-electron chi connectivity index (χ2n) is 6.27. The fourth-order valence-electron chi connectivity index (χ4n) is 3.43. The van der Waals surface area contributed by atoms with Gasteiger partial charge in [-0.3, -0.25) is 9.80 Å². The fraction of sp³-hybridized carbons (Fsp3) is 0.647. The zero-order valence-corrected chi connectivity index (χ0v) is 12.4. The van der Waals surface area contributed by atoms with Gasteiger partial charge in [-0.1, -0.05) is 30.3 Å². The second kappa shape index (κ2) is 6.70. The first-order valence-corrected chi connectivity index (χ1v) is 8.09. The van der Waals surface area contributed by atoms with Crippen LogP contribution in [0.2, 0.25) is 0 Å². The summed E-state index contributed by atoms with van der Waals surface area (Å²) >= 11 is 0. The van der Waals surface area contributed by atoms with Gasteiger partial charge in [0.15, 0.2) is 0 Å². The van der Waals surface area contributed by atoms with E-state index in [1.165, 1.54) is 44.3 Å². The van der Waals surface area contributed by atoms with Gasteiger partial charge in [0.25, 0.3) is 0 Å². The summed E-state index contributed by atoms with van der Waals surface area (Å²) in [5, 5.41) is 0. The zero-order valence-electron chi connectivity index (χ0n) is 12.4. The van der Waals surface area contributed by atoms with Gasteiger partial charge in [-0.15, -0.1) is 0 Å². The third-order valence-corrected chi connectivity index (χ3v) is 4.65. The zero-order chi connectivity index (χ0) is 13.8. The molecule has 2 fully saturated rings. The van der Waals surface area contributed by atoms with Crippen LogP contribution in [-0.4, -0.2) is 48.1 Å². The fourth-order valence-corrected chi connectivity index (χ4v) is 3.43. The minimum atomic E-state index is 0.725. The summed E-state index contributed by atoms with van der Waals surface area (Å²) in [7, 11) is 0. The molecule has 3 heteroatoms. The minimum absolute atomic E-state index is 0.725. The largest absolute Gasteiger partial charge is 0.329 e. The van der Waals surface area contributed by atoms with E-state index in [2.05, 4.69) is 40.1 Å². The molecule has 1 aromatic rings. The van der Waals surface area contributed by atoms with Crippen molar-refractivity contribution in [2.24, 2.45) is 5.73 Å². The highest BCUT2D eigenvalue weighted by Gasteiger charge is 2.33. The SMILES string of the molecule is NCCN1CCC[C@H]1CN(Cc1ccccc1)C1CC1. The van der Waals surface area contributed by atoms with Crippen molar-refractivity contribution in [3.05, 3.63) is 35.9 Å². The third kappa shape index (κ3) is 3.60. The molecule has 2 N–H and O–H groups in total. The van der Waals surface area contributed by atoms with Crippen LogP contribution in [0.5, 0.6) is 0 Å². The van der Waals surface area contributed by atoms with Crippen molar-refractivity contribution in [3.8, 4) is 0 Å². The molecule has 0 aromatic heterocycles. The molecular formula is C17H27N3. The van der Waals surface area contributed by atoms with Gasteiger partial charge < -0.3 is 5.73 Å². The van der Waals surface area contributed by atoms with Crippen molar-refractivity contribution in [1.82, 2.24) is 9.80 Å². The Hall–Kier alpha value is -0.900. The molecule has 110 valence electrons. The first-order valence-electron chi connectivity index (χ1n) is 8.09. The molecule has 0 spiro atoms. The Morgan fingerprint density at radius 1 is 1.15 bits per heavy atom. The Balaban J connectivity index is 1.60. The van der Waals surface area contributed by atoms with E-state index < -0.39 is 0 Å². The average molecular weight is 273 g/mol. The monoisotopic (exact) mass is 273 g/mol. The van der Waals surface area contributed by atoms with E-state index in [0.29, 0.717) is 0 Å². The Kier molecular flexibility index (Phi) is 4.71. The summed E-state index contributed by atoms with van der Waals surface area (Å²) in [5.41, 5.74) is 7.19. The van der Waals surface area contributed by atoms with Gasteiger partial charge in [-0.2, -0.15) is 0 Å². The van der Waals surface area contributed by atoms with Gasteiger partial charge in [0, 0.05) is 38.3 Å². The maximum Gasteiger partial charge on any atom is 0.0237 e. The highest BCUT2D eigenvalue weighted by molar-refractivity contribution is 5.15. The van der Waals surface area contributed by atoms with Crippen LogP contribution in [0.1, 0.15) is 31.2 Å². The highest BCUT2D eigenvalue weighted by atomic mass is 15.3. The van der Waals surface area contributed by atoms with Gasteiger partial charge >= 0.3 is 0 Å². The second-order valence-corrected chi connectivity index (χ2v) is 6.27. The molecule has 1 saturated heterocycles. The van der Waals surface area contributed by atoms with Crippen molar-refractivity contribution in [1.29, 1.82) is 0 Å². The maximum atomic E-state index is 5.74. The Bertz CT molecular complexity index is 402. The van der Waals surface area contributed by atoms with E-state index in [1.54, 1.807) is 0 Å². The highest BCUT2D eigenvalue weighted by Crippen LogP contribution is 2.30. The standard InChI is InChI=1S/C17H27N3/c18-10-12-19-11-4-7-17(19)14-20(16-8-9-16)13-15-5-2-1-3-6-15/h1-3,5-6,16-17H,4,7-14,18H2/t17-/m0/s1. The molecule has 1 heterocycles. The summed E-state index contributed by atoms with van der Waals surface area (Å²) in [6.45, 7) is 5.43. The van der Waals surface area contributed by atoms with E-state index in [4.69, 9.17) is 5.73 Å². The van der Waals surface area contributed by atoms with E-state index in [9.17, 15) is 0 Å². The first-order chi connectivity index (χ1) is 9.86. The van der Waals surface area contributed by atoms with Crippen molar-refractivity contribution >= 4 is 0 Å². The van der Waals surface area contributed by atoms with Crippen molar-refractivity contribution < 1.29 is 0 Å². The Labute approximate surface area is 122 Å². The normalized spacial score (nSPS) is 23.6. The smallest absolute Gasteiger partial charge is 0.0237 e. The molecule has 1 aliphatic heterocycles. The van der Waals surface area contributed by atoms with E-state index >= 15 is 0 Å². The molecule has 2 aliphatic rings. The van der Waals surface area contributed by atoms with Gasteiger partial charge in [0.05, 0.1) is 0 Å². The van der Waals surface area contributed by atoms with Crippen LogP contribution < -0.4 is 5.73 Å². The number of likely N-dealkylation sites (tertiary alicyclic amines) is 1. The predicted octanol–water partition coefficient (Wildman–Crippen LogP) is 2.07. The Morgan fingerprint density at radius 3 is 2.65 bits per heavy atom. The van der Waals surface area contributed by atoms with Crippen LogP contribution in [0.15, 0.2) is 30.3 Å². The molecule has 0 radical (unpaired) electrons. The van der Waals surface area contributed by atoms with Gasteiger partial charge in [0.1, 0.15) is 0 Å². The van der Waals surface area contributed by atoms with Crippen LogP contribution in [0.3, 0.4) is 0 Å². The lowest BCUT2D eigenvalue weighted by atomic mass is 10.1. The van der Waals surface area contributed by atoms with Gasteiger partial charge in [-0.25, -0.2) is 0 Å².